The smallest absolute Gasteiger partial charge is 0.0954 e. The maximum absolute atomic E-state index is 2.64. The third-order valence-corrected chi connectivity index (χ3v) is 18.9. The van der Waals surface area contributed by atoms with E-state index in [1.807, 2.05) is 0 Å². The van der Waals surface area contributed by atoms with Crippen LogP contribution in [0.2, 0.25) is 0 Å². The highest BCUT2D eigenvalue weighted by Crippen LogP contribution is 2.66. The Morgan fingerprint density at radius 3 is 1.16 bits per heavy atom. The standard InChI is InChI=1S/C76H84N4/c1-73(2,3)54-27-35-59(36-28-54)78-66-42-31-56(75(7,8)9)47-69(66)80-70-48-57(76(10,11)12)32-43-67(70)79(60-37-29-55(30-38-60)74(4,5)6)71-61(39-44-68(78)72(71)80)51-23-33-58(34-24-51)77-64-40-25-52(49-19-15-13-16-20-49)45-62(64)63-46-53(26-41-65(63)77)50-21-17-14-18-22-50/h23-50H,13-22H2,1-12H3. The van der Waals surface area contributed by atoms with Gasteiger partial charge in [0, 0.05) is 33.4 Å². The molecular weight excluding hydrogens is 969 g/mol. The molecular formula is C76H84N4. The van der Waals surface area contributed by atoms with Crippen molar-refractivity contribution in [1.29, 1.82) is 0 Å². The summed E-state index contributed by atoms with van der Waals surface area (Å²) < 4.78 is 2.56. The SMILES string of the molecule is CC(C)(C)c1ccc(N2c3ccc(C(C)(C)C)cc3N3c4cc(C(C)(C)C)ccc4N(c4ccc(C(C)(C)C)cc4)c4c(-c5ccc(-n6c7ccc(C8CCCCC8)cc7c7cc(C8CCCCC8)ccc76)cc5)ccc2c43)cc1. The Morgan fingerprint density at radius 2 is 0.713 bits per heavy atom. The van der Waals surface area contributed by atoms with Crippen molar-refractivity contribution in [3.05, 3.63) is 191 Å². The van der Waals surface area contributed by atoms with E-state index >= 15 is 0 Å². The molecule has 0 spiro atoms. The van der Waals surface area contributed by atoms with Gasteiger partial charge in [0.25, 0.3) is 0 Å². The third kappa shape index (κ3) is 9.04. The molecule has 408 valence electrons. The van der Waals surface area contributed by atoms with Gasteiger partial charge in [0.1, 0.15) is 0 Å². The second-order valence-electron chi connectivity index (χ2n) is 28.4. The Hall–Kier alpha value is -7.04. The molecule has 2 fully saturated rings. The first-order chi connectivity index (χ1) is 38.2. The molecule has 2 aliphatic carbocycles. The minimum Gasteiger partial charge on any atom is -0.309 e. The van der Waals surface area contributed by atoms with Crippen molar-refractivity contribution >= 4 is 73.0 Å². The van der Waals surface area contributed by atoms with E-state index in [1.54, 1.807) is 0 Å². The van der Waals surface area contributed by atoms with Gasteiger partial charge in [-0.15, -0.1) is 0 Å². The van der Waals surface area contributed by atoms with Crippen molar-refractivity contribution in [2.45, 2.75) is 181 Å². The van der Waals surface area contributed by atoms with Crippen LogP contribution in [0.1, 0.15) is 193 Å². The Morgan fingerprint density at radius 1 is 0.312 bits per heavy atom. The van der Waals surface area contributed by atoms with Gasteiger partial charge in [-0.05, 0) is 189 Å². The van der Waals surface area contributed by atoms with Crippen molar-refractivity contribution in [3.8, 4) is 16.8 Å². The second-order valence-corrected chi connectivity index (χ2v) is 28.4. The lowest BCUT2D eigenvalue weighted by Gasteiger charge is -2.48. The fourth-order valence-corrected chi connectivity index (χ4v) is 14.0. The van der Waals surface area contributed by atoms with E-state index in [2.05, 4.69) is 260 Å². The predicted octanol–water partition coefficient (Wildman–Crippen LogP) is 22.8. The Bertz CT molecular complexity index is 3710. The zero-order valence-corrected chi connectivity index (χ0v) is 50.0. The number of aromatic nitrogens is 1. The molecule has 0 N–H and O–H groups in total. The summed E-state index contributed by atoms with van der Waals surface area (Å²) in [6, 6.07) is 62.7. The molecule has 8 aromatic carbocycles. The highest BCUT2D eigenvalue weighted by atomic mass is 15.3. The molecule has 2 saturated carbocycles. The monoisotopic (exact) mass is 1050 g/mol. The van der Waals surface area contributed by atoms with Gasteiger partial charge in [-0.25, -0.2) is 0 Å². The van der Waals surface area contributed by atoms with Crippen LogP contribution in [0.25, 0.3) is 38.6 Å². The zero-order valence-electron chi connectivity index (χ0n) is 50.0. The molecule has 0 amide bonds. The Kier molecular flexibility index (Phi) is 12.6. The summed E-state index contributed by atoms with van der Waals surface area (Å²) in [7, 11) is 0. The van der Waals surface area contributed by atoms with Crippen LogP contribution in [-0.2, 0) is 21.7 Å². The van der Waals surface area contributed by atoms with E-state index in [9.17, 15) is 0 Å². The van der Waals surface area contributed by atoms with Gasteiger partial charge < -0.3 is 19.3 Å². The molecule has 0 bridgehead atoms. The van der Waals surface area contributed by atoms with Crippen molar-refractivity contribution in [3.63, 3.8) is 0 Å². The van der Waals surface area contributed by atoms with Crippen LogP contribution >= 0.6 is 0 Å². The minimum atomic E-state index is -0.0701. The van der Waals surface area contributed by atoms with E-state index < -0.39 is 0 Å². The summed E-state index contributed by atoms with van der Waals surface area (Å²) in [6.07, 6.45) is 13.3. The molecule has 2 aliphatic heterocycles. The topological polar surface area (TPSA) is 14.7 Å². The average molecular weight is 1050 g/mol. The van der Waals surface area contributed by atoms with Crippen LogP contribution in [0, 0.1) is 0 Å². The van der Waals surface area contributed by atoms with Crippen LogP contribution in [0.15, 0.2) is 158 Å². The summed E-state index contributed by atoms with van der Waals surface area (Å²) >= 11 is 0. The van der Waals surface area contributed by atoms with Gasteiger partial charge in [-0.3, -0.25) is 0 Å². The fraction of sp³-hybridized carbons (Fsp3) is 0.368. The number of hydrogen-bond donors (Lipinski definition) is 0. The molecule has 0 radical (unpaired) electrons. The quantitative estimate of drug-likeness (QED) is 0.165. The molecule has 4 aliphatic rings. The molecule has 4 heteroatoms. The highest BCUT2D eigenvalue weighted by Gasteiger charge is 2.42. The molecule has 4 nitrogen and oxygen atoms in total. The zero-order chi connectivity index (χ0) is 55.6. The molecule has 9 aromatic rings. The minimum absolute atomic E-state index is 0.0127. The lowest BCUT2D eigenvalue weighted by molar-refractivity contribution is 0.444. The van der Waals surface area contributed by atoms with Gasteiger partial charge in [-0.2, -0.15) is 0 Å². The fourth-order valence-electron chi connectivity index (χ4n) is 14.0. The number of benzene rings is 8. The third-order valence-electron chi connectivity index (χ3n) is 18.9. The molecule has 0 saturated heterocycles. The van der Waals surface area contributed by atoms with Gasteiger partial charge in [-0.1, -0.05) is 188 Å². The van der Waals surface area contributed by atoms with Crippen LogP contribution in [0.3, 0.4) is 0 Å². The second kappa shape index (κ2) is 19.3. The molecule has 0 atom stereocenters. The van der Waals surface area contributed by atoms with Crippen LogP contribution < -0.4 is 14.7 Å². The Balaban J connectivity index is 1.05. The molecule has 13 rings (SSSR count). The summed E-state index contributed by atoms with van der Waals surface area (Å²) in [5, 5.41) is 2.80. The van der Waals surface area contributed by atoms with Gasteiger partial charge in [0.2, 0.25) is 0 Å². The first-order valence-electron chi connectivity index (χ1n) is 30.5. The number of rotatable bonds is 6. The van der Waals surface area contributed by atoms with E-state index in [-0.39, 0.29) is 21.7 Å². The van der Waals surface area contributed by atoms with Crippen molar-refractivity contribution in [1.82, 2.24) is 4.57 Å². The van der Waals surface area contributed by atoms with Crippen LogP contribution in [0.4, 0.5) is 51.2 Å². The lowest BCUT2D eigenvalue weighted by atomic mass is 9.83. The summed E-state index contributed by atoms with van der Waals surface area (Å²) in [5.41, 5.74) is 25.0. The molecule has 1 aromatic heterocycles. The average Bonchev–Trinajstić information content (AvgIpc) is 1.83. The number of fused-ring (bicyclic) bond motifs is 7. The van der Waals surface area contributed by atoms with E-state index in [0.29, 0.717) is 11.8 Å². The highest BCUT2D eigenvalue weighted by molar-refractivity contribution is 6.16. The van der Waals surface area contributed by atoms with Gasteiger partial charge in [0.05, 0.1) is 50.8 Å². The number of nitrogens with zero attached hydrogens (tertiary/aromatic N) is 4. The van der Waals surface area contributed by atoms with Crippen molar-refractivity contribution < 1.29 is 0 Å². The van der Waals surface area contributed by atoms with E-state index in [1.165, 1.54) is 170 Å². The van der Waals surface area contributed by atoms with E-state index in [4.69, 9.17) is 0 Å². The van der Waals surface area contributed by atoms with Gasteiger partial charge in [0.15, 0.2) is 0 Å². The lowest BCUT2D eigenvalue weighted by Crippen LogP contribution is -2.31. The van der Waals surface area contributed by atoms with Crippen LogP contribution in [0.5, 0.6) is 0 Å². The maximum atomic E-state index is 2.64. The summed E-state index contributed by atoms with van der Waals surface area (Å²) in [4.78, 5) is 7.77. The predicted molar refractivity (Wildman–Crippen MR) is 344 cm³/mol. The molecule has 3 heterocycles. The van der Waals surface area contributed by atoms with Crippen molar-refractivity contribution in [2.24, 2.45) is 0 Å². The number of anilines is 9. The number of hydrogen-bond acceptors (Lipinski definition) is 3. The van der Waals surface area contributed by atoms with Crippen molar-refractivity contribution in [2.75, 3.05) is 14.7 Å². The molecule has 0 unspecified atom stereocenters. The molecule has 80 heavy (non-hydrogen) atoms. The first-order valence-corrected chi connectivity index (χ1v) is 30.5. The first kappa shape index (κ1) is 52.3. The van der Waals surface area contributed by atoms with E-state index in [0.717, 1.165) is 17.1 Å². The Labute approximate surface area is 478 Å². The largest absolute Gasteiger partial charge is 0.309 e. The normalized spacial score (nSPS) is 16.3. The van der Waals surface area contributed by atoms with Crippen LogP contribution in [-0.4, -0.2) is 4.57 Å². The van der Waals surface area contributed by atoms with Gasteiger partial charge >= 0.3 is 0 Å². The summed E-state index contributed by atoms with van der Waals surface area (Å²) in [5.74, 6) is 1.30. The maximum Gasteiger partial charge on any atom is 0.0954 e. The summed E-state index contributed by atoms with van der Waals surface area (Å²) in [6.45, 7) is 27.9.